The minimum absolute atomic E-state index is 0.274. The van der Waals surface area contributed by atoms with Crippen LogP contribution in [0.15, 0.2) is 17.8 Å². The standard InChI is InChI=1S/C13H16N4O2S/c14-12(18)13(2-4-19-5-3-13)7-15-10-9-1-6-20-11(9)17-8-16-10/h1,6,8H,2-5,7H2,(H2,14,18)(H,15,16,17). The highest BCUT2D eigenvalue weighted by Gasteiger charge is 2.38. The van der Waals surface area contributed by atoms with Gasteiger partial charge in [0.05, 0.1) is 10.8 Å². The quantitative estimate of drug-likeness (QED) is 0.888. The van der Waals surface area contributed by atoms with Crippen molar-refractivity contribution in [3.63, 3.8) is 0 Å². The molecule has 2 aromatic rings. The maximum absolute atomic E-state index is 11.8. The van der Waals surface area contributed by atoms with Crippen molar-refractivity contribution < 1.29 is 9.53 Å². The first-order valence-electron chi connectivity index (χ1n) is 6.51. The molecule has 3 heterocycles. The summed E-state index contributed by atoms with van der Waals surface area (Å²) in [4.78, 5) is 21.2. The smallest absolute Gasteiger partial charge is 0.225 e. The summed E-state index contributed by atoms with van der Waals surface area (Å²) in [7, 11) is 0. The number of thiophene rings is 1. The number of fused-ring (bicyclic) bond motifs is 1. The van der Waals surface area contributed by atoms with Crippen LogP contribution in [0.25, 0.3) is 10.2 Å². The Morgan fingerprint density at radius 1 is 1.45 bits per heavy atom. The molecule has 0 radical (unpaired) electrons. The zero-order valence-corrected chi connectivity index (χ0v) is 11.8. The molecule has 0 unspecified atom stereocenters. The first kappa shape index (κ1) is 13.3. The van der Waals surface area contributed by atoms with Crippen LogP contribution in [-0.2, 0) is 9.53 Å². The lowest BCUT2D eigenvalue weighted by atomic mass is 9.79. The van der Waals surface area contributed by atoms with Gasteiger partial charge in [0.2, 0.25) is 5.91 Å². The molecule has 0 spiro atoms. The van der Waals surface area contributed by atoms with Crippen LogP contribution in [-0.4, -0.2) is 35.6 Å². The number of ether oxygens (including phenoxy) is 1. The predicted molar refractivity (Wildman–Crippen MR) is 77.6 cm³/mol. The molecule has 0 saturated carbocycles. The van der Waals surface area contributed by atoms with Gasteiger partial charge in [-0.3, -0.25) is 4.79 Å². The Morgan fingerprint density at radius 2 is 2.25 bits per heavy atom. The summed E-state index contributed by atoms with van der Waals surface area (Å²) in [5.41, 5.74) is 5.04. The molecule has 1 fully saturated rings. The van der Waals surface area contributed by atoms with Gasteiger partial charge in [-0.25, -0.2) is 9.97 Å². The molecule has 1 aliphatic heterocycles. The number of anilines is 1. The molecular formula is C13H16N4O2S. The number of nitrogens with two attached hydrogens (primary N) is 1. The number of carbonyl (C=O) groups excluding carboxylic acids is 1. The van der Waals surface area contributed by atoms with Crippen LogP contribution >= 0.6 is 11.3 Å². The van der Waals surface area contributed by atoms with E-state index in [1.165, 1.54) is 6.33 Å². The van der Waals surface area contributed by atoms with E-state index < -0.39 is 5.41 Å². The lowest BCUT2D eigenvalue weighted by Crippen LogP contribution is -2.46. The molecule has 20 heavy (non-hydrogen) atoms. The Kier molecular flexibility index (Phi) is 3.54. The fourth-order valence-electron chi connectivity index (χ4n) is 2.46. The summed E-state index contributed by atoms with van der Waals surface area (Å²) in [5.74, 6) is 0.479. The number of hydrogen-bond donors (Lipinski definition) is 2. The van der Waals surface area contributed by atoms with Crippen molar-refractivity contribution in [2.75, 3.05) is 25.1 Å². The Hall–Kier alpha value is -1.73. The molecule has 106 valence electrons. The molecule has 1 amide bonds. The van der Waals surface area contributed by atoms with Crippen LogP contribution in [0.4, 0.5) is 5.82 Å². The van der Waals surface area contributed by atoms with Crippen molar-refractivity contribution in [2.24, 2.45) is 11.1 Å². The maximum atomic E-state index is 11.8. The minimum atomic E-state index is -0.550. The van der Waals surface area contributed by atoms with E-state index in [1.807, 2.05) is 11.4 Å². The monoisotopic (exact) mass is 292 g/mol. The van der Waals surface area contributed by atoms with Gasteiger partial charge in [-0.2, -0.15) is 0 Å². The fraction of sp³-hybridized carbons (Fsp3) is 0.462. The molecule has 0 atom stereocenters. The van der Waals surface area contributed by atoms with E-state index in [0.29, 0.717) is 32.6 Å². The van der Waals surface area contributed by atoms with E-state index in [2.05, 4.69) is 15.3 Å². The van der Waals surface area contributed by atoms with Gasteiger partial charge in [0.15, 0.2) is 0 Å². The van der Waals surface area contributed by atoms with E-state index in [0.717, 1.165) is 16.0 Å². The third-order valence-corrected chi connectivity index (χ3v) is 4.65. The second-order valence-electron chi connectivity index (χ2n) is 4.97. The first-order chi connectivity index (χ1) is 9.71. The summed E-state index contributed by atoms with van der Waals surface area (Å²) in [6.45, 7) is 1.62. The molecule has 3 N–H and O–H groups in total. The molecule has 0 aliphatic carbocycles. The Bertz CT molecular complexity index is 622. The van der Waals surface area contributed by atoms with Crippen LogP contribution in [0.5, 0.6) is 0 Å². The van der Waals surface area contributed by atoms with Gasteiger partial charge in [-0.05, 0) is 24.3 Å². The lowest BCUT2D eigenvalue weighted by molar-refractivity contribution is -0.132. The average Bonchev–Trinajstić information content (AvgIpc) is 2.95. The molecule has 0 aromatic carbocycles. The summed E-state index contributed by atoms with van der Waals surface area (Å²) in [5, 5.41) is 6.22. The highest BCUT2D eigenvalue weighted by molar-refractivity contribution is 7.16. The molecular weight excluding hydrogens is 276 g/mol. The Balaban J connectivity index is 1.80. The number of nitrogens with zero attached hydrogens (tertiary/aromatic N) is 2. The van der Waals surface area contributed by atoms with Gasteiger partial charge in [0.25, 0.3) is 0 Å². The average molecular weight is 292 g/mol. The molecule has 0 bridgehead atoms. The van der Waals surface area contributed by atoms with Crippen molar-refractivity contribution >= 4 is 33.3 Å². The van der Waals surface area contributed by atoms with Crippen molar-refractivity contribution in [1.29, 1.82) is 0 Å². The third kappa shape index (κ3) is 2.34. The number of amides is 1. The van der Waals surface area contributed by atoms with Crippen LogP contribution < -0.4 is 11.1 Å². The van der Waals surface area contributed by atoms with Crippen LogP contribution in [0.2, 0.25) is 0 Å². The van der Waals surface area contributed by atoms with Gasteiger partial charge >= 0.3 is 0 Å². The van der Waals surface area contributed by atoms with E-state index in [1.54, 1.807) is 11.3 Å². The minimum Gasteiger partial charge on any atom is -0.381 e. The second-order valence-corrected chi connectivity index (χ2v) is 5.87. The van der Waals surface area contributed by atoms with E-state index >= 15 is 0 Å². The van der Waals surface area contributed by atoms with E-state index in [9.17, 15) is 4.79 Å². The summed E-state index contributed by atoms with van der Waals surface area (Å²) < 4.78 is 5.33. The normalized spacial score (nSPS) is 18.0. The van der Waals surface area contributed by atoms with Gasteiger partial charge in [-0.1, -0.05) is 0 Å². The van der Waals surface area contributed by atoms with Gasteiger partial charge in [-0.15, -0.1) is 11.3 Å². The second kappa shape index (κ2) is 5.34. The van der Waals surface area contributed by atoms with Crippen LogP contribution in [0, 0.1) is 5.41 Å². The van der Waals surface area contributed by atoms with E-state index in [4.69, 9.17) is 10.5 Å². The SMILES string of the molecule is NC(=O)C1(CNc2ncnc3sccc23)CCOCC1. The van der Waals surface area contributed by atoms with Crippen molar-refractivity contribution in [1.82, 2.24) is 9.97 Å². The zero-order chi connectivity index (χ0) is 14.0. The van der Waals surface area contributed by atoms with Crippen LogP contribution in [0.3, 0.4) is 0 Å². The number of aromatic nitrogens is 2. The molecule has 1 aliphatic rings. The fourth-order valence-corrected chi connectivity index (χ4v) is 3.19. The molecule has 7 heteroatoms. The van der Waals surface area contributed by atoms with Gasteiger partial charge < -0.3 is 15.8 Å². The number of nitrogens with one attached hydrogen (secondary N) is 1. The van der Waals surface area contributed by atoms with Crippen molar-refractivity contribution in [3.05, 3.63) is 17.8 Å². The van der Waals surface area contributed by atoms with Gasteiger partial charge in [0, 0.05) is 19.8 Å². The molecule has 2 aromatic heterocycles. The highest BCUT2D eigenvalue weighted by Crippen LogP contribution is 2.31. The van der Waals surface area contributed by atoms with Gasteiger partial charge in [0.1, 0.15) is 17.0 Å². The zero-order valence-electron chi connectivity index (χ0n) is 11.0. The summed E-state index contributed by atoms with van der Waals surface area (Å²) in [6.07, 6.45) is 2.82. The largest absolute Gasteiger partial charge is 0.381 e. The summed E-state index contributed by atoms with van der Waals surface area (Å²) >= 11 is 1.57. The third-order valence-electron chi connectivity index (χ3n) is 3.83. The maximum Gasteiger partial charge on any atom is 0.225 e. The highest BCUT2D eigenvalue weighted by atomic mass is 32.1. The first-order valence-corrected chi connectivity index (χ1v) is 7.39. The molecule has 3 rings (SSSR count). The Morgan fingerprint density at radius 3 is 3.00 bits per heavy atom. The lowest BCUT2D eigenvalue weighted by Gasteiger charge is -2.34. The number of primary amides is 1. The van der Waals surface area contributed by atoms with Crippen molar-refractivity contribution in [3.8, 4) is 0 Å². The summed E-state index contributed by atoms with van der Waals surface area (Å²) in [6, 6.07) is 1.98. The number of rotatable bonds is 4. The van der Waals surface area contributed by atoms with E-state index in [-0.39, 0.29) is 5.91 Å². The van der Waals surface area contributed by atoms with Crippen LogP contribution in [0.1, 0.15) is 12.8 Å². The number of hydrogen-bond acceptors (Lipinski definition) is 6. The topological polar surface area (TPSA) is 90.1 Å². The molecule has 6 nitrogen and oxygen atoms in total. The molecule has 1 saturated heterocycles. The van der Waals surface area contributed by atoms with Crippen molar-refractivity contribution in [2.45, 2.75) is 12.8 Å². The number of carbonyl (C=O) groups is 1. The predicted octanol–water partition coefficient (Wildman–Crippen LogP) is 1.39. The Labute approximate surface area is 120 Å².